The lowest BCUT2D eigenvalue weighted by Gasteiger charge is -2.35. The van der Waals surface area contributed by atoms with Crippen LogP contribution >= 0.6 is 0 Å². The quantitative estimate of drug-likeness (QED) is 0.185. The van der Waals surface area contributed by atoms with Gasteiger partial charge in [0.25, 0.3) is 0 Å². The average molecular weight is 696 g/mol. The predicted octanol–water partition coefficient (Wildman–Crippen LogP) is 5.65. The molecule has 12 heteroatoms. The topological polar surface area (TPSA) is 146 Å². The highest BCUT2D eigenvalue weighted by Crippen LogP contribution is 2.45. The molecular formula is C38H45N7O4S. The van der Waals surface area contributed by atoms with Crippen molar-refractivity contribution in [2.45, 2.75) is 90.9 Å². The van der Waals surface area contributed by atoms with Crippen LogP contribution in [0.5, 0.6) is 5.75 Å². The minimum Gasteiger partial charge on any atom is -0.488 e. The van der Waals surface area contributed by atoms with E-state index < -0.39 is 21.4 Å². The summed E-state index contributed by atoms with van der Waals surface area (Å²) >= 11 is 0. The van der Waals surface area contributed by atoms with Crippen LogP contribution in [0, 0.1) is 19.3 Å². The Balaban J connectivity index is 1.45. The minimum atomic E-state index is -3.86. The summed E-state index contributed by atoms with van der Waals surface area (Å²) in [6, 6.07) is 17.1. The van der Waals surface area contributed by atoms with E-state index in [1.54, 1.807) is 36.7 Å². The molecule has 0 radical (unpaired) electrons. The number of Topliss-reactive ketones (excluding diaryl/α,β-unsaturated/α-hetero) is 1. The molecule has 11 nitrogen and oxygen atoms in total. The first kappa shape index (κ1) is 35.3. The molecule has 0 bridgehead atoms. The zero-order valence-electron chi connectivity index (χ0n) is 29.6. The lowest BCUT2D eigenvalue weighted by molar-refractivity contribution is -0.127. The number of hydrogen-bond acceptors (Lipinski definition) is 9. The van der Waals surface area contributed by atoms with Crippen LogP contribution in [0.3, 0.4) is 0 Å². The van der Waals surface area contributed by atoms with E-state index in [9.17, 15) is 13.2 Å². The van der Waals surface area contributed by atoms with E-state index in [4.69, 9.17) is 10.5 Å². The molecule has 3 aromatic carbocycles. The van der Waals surface area contributed by atoms with Crippen molar-refractivity contribution < 1.29 is 17.9 Å². The molecule has 0 aliphatic carbocycles. The standard InChI is InChI=1S/C38H45N7O4S/c1-7-29-23-44(50(47,48)33-12-10-9-11-32(33)49-29)22-28-18-27(14-13-24(28)3)36(30-15-16-31-37(25(30)4)42-43-45(31)8-2)38(5,6)34(46)17-26-20-40-35(19-39)41-21-26/h9-16,18,20-21,29,36H,7-8,17,19,22-23,39H2,1-6H3/t29-,36+/m1/s1. The third kappa shape index (κ3) is 6.55. The normalized spacial score (nSPS) is 16.8. The Bertz CT molecular complexity index is 2140. The molecule has 2 aromatic heterocycles. The van der Waals surface area contributed by atoms with Gasteiger partial charge in [0.05, 0.1) is 18.6 Å². The van der Waals surface area contributed by atoms with Gasteiger partial charge in [0.1, 0.15) is 33.9 Å². The summed E-state index contributed by atoms with van der Waals surface area (Å²) in [5.41, 5.74) is 11.8. The minimum absolute atomic E-state index is 0.0140. The summed E-state index contributed by atoms with van der Waals surface area (Å²) < 4.78 is 37.7. The second-order valence-electron chi connectivity index (χ2n) is 13.6. The number of ketones is 1. The fraction of sp³-hybridized carbons (Fsp3) is 0.395. The van der Waals surface area contributed by atoms with Crippen LogP contribution in [0.15, 0.2) is 71.9 Å². The highest BCUT2D eigenvalue weighted by atomic mass is 32.2. The number of aromatic nitrogens is 5. The van der Waals surface area contributed by atoms with E-state index in [0.29, 0.717) is 30.1 Å². The molecule has 2 atom stereocenters. The van der Waals surface area contributed by atoms with Gasteiger partial charge in [-0.3, -0.25) is 4.79 Å². The summed E-state index contributed by atoms with van der Waals surface area (Å²) in [5, 5.41) is 8.88. The van der Waals surface area contributed by atoms with E-state index in [1.807, 2.05) is 64.4 Å². The third-order valence-electron chi connectivity index (χ3n) is 10.0. The van der Waals surface area contributed by atoms with Crippen LogP contribution < -0.4 is 10.5 Å². The molecule has 2 N–H and O–H groups in total. The van der Waals surface area contributed by atoms with Gasteiger partial charge in [0, 0.05) is 43.2 Å². The highest BCUT2D eigenvalue weighted by molar-refractivity contribution is 7.89. The molecule has 3 heterocycles. The number of para-hydroxylation sites is 1. The van der Waals surface area contributed by atoms with Gasteiger partial charge in [0.2, 0.25) is 10.0 Å². The molecule has 1 aliphatic heterocycles. The van der Waals surface area contributed by atoms with Gasteiger partial charge in [-0.1, -0.05) is 62.4 Å². The highest BCUT2D eigenvalue weighted by Gasteiger charge is 2.40. The van der Waals surface area contributed by atoms with Crippen molar-refractivity contribution in [2.24, 2.45) is 11.1 Å². The molecule has 50 heavy (non-hydrogen) atoms. The number of ether oxygens (including phenoxy) is 1. The Kier molecular flexibility index (Phi) is 9.89. The molecule has 5 aromatic rings. The SMILES string of the molecule is CC[C@@H]1CN(Cc2cc([C@@H](c3ccc4c(nnn4CC)c3C)C(C)(C)C(=O)Cc3cnc(CN)nc3)ccc2C)S(=O)(=O)c2ccccc2O1. The molecule has 0 amide bonds. The van der Waals surface area contributed by atoms with Crippen LogP contribution in [-0.4, -0.2) is 56.1 Å². The van der Waals surface area contributed by atoms with Gasteiger partial charge in [-0.15, -0.1) is 5.10 Å². The fourth-order valence-corrected chi connectivity index (χ4v) is 8.47. The monoisotopic (exact) mass is 695 g/mol. The van der Waals surface area contributed by atoms with Crippen molar-refractivity contribution in [2.75, 3.05) is 6.54 Å². The number of carbonyl (C=O) groups excluding carboxylic acids is 1. The number of nitrogens with two attached hydrogens (primary N) is 1. The molecule has 0 saturated heterocycles. The Morgan fingerprint density at radius 2 is 1.80 bits per heavy atom. The first-order chi connectivity index (χ1) is 23.9. The van der Waals surface area contributed by atoms with Crippen molar-refractivity contribution >= 4 is 26.8 Å². The number of nitrogens with zero attached hydrogens (tertiary/aromatic N) is 6. The summed E-state index contributed by atoms with van der Waals surface area (Å²) in [4.78, 5) is 23.1. The first-order valence-corrected chi connectivity index (χ1v) is 18.5. The first-order valence-electron chi connectivity index (χ1n) is 17.1. The maximum absolute atomic E-state index is 14.4. The smallest absolute Gasteiger partial charge is 0.247 e. The van der Waals surface area contributed by atoms with Gasteiger partial charge >= 0.3 is 0 Å². The zero-order valence-corrected chi connectivity index (χ0v) is 30.4. The molecule has 0 fully saturated rings. The summed E-state index contributed by atoms with van der Waals surface area (Å²) in [5.74, 6) is 0.505. The zero-order chi connectivity index (χ0) is 35.8. The van der Waals surface area contributed by atoms with E-state index in [1.165, 1.54) is 4.31 Å². The summed E-state index contributed by atoms with van der Waals surface area (Å²) in [6.07, 6.45) is 3.83. The third-order valence-corrected chi connectivity index (χ3v) is 11.9. The molecule has 1 aliphatic rings. The number of aryl methyl sites for hydroxylation is 3. The molecular weight excluding hydrogens is 651 g/mol. The Labute approximate surface area is 293 Å². The van der Waals surface area contributed by atoms with Crippen molar-refractivity contribution in [1.82, 2.24) is 29.3 Å². The largest absolute Gasteiger partial charge is 0.488 e. The Hall–Kier alpha value is -4.52. The molecule has 0 unspecified atom stereocenters. The van der Waals surface area contributed by atoms with Gasteiger partial charge in [-0.25, -0.2) is 23.1 Å². The molecule has 262 valence electrons. The van der Waals surface area contributed by atoms with Gasteiger partial charge in [-0.05, 0) is 78.8 Å². The maximum atomic E-state index is 14.4. The average Bonchev–Trinajstić information content (AvgIpc) is 3.50. The summed E-state index contributed by atoms with van der Waals surface area (Å²) in [7, 11) is -3.86. The number of benzene rings is 3. The second kappa shape index (κ2) is 14.0. The van der Waals surface area contributed by atoms with E-state index in [0.717, 1.165) is 38.9 Å². The van der Waals surface area contributed by atoms with Crippen molar-refractivity contribution in [3.8, 4) is 5.75 Å². The number of hydrogen-bond donors (Lipinski definition) is 1. The van der Waals surface area contributed by atoms with Crippen LogP contribution in [-0.2, 0) is 40.9 Å². The van der Waals surface area contributed by atoms with Crippen molar-refractivity contribution in [3.05, 3.63) is 106 Å². The van der Waals surface area contributed by atoms with Gasteiger partial charge in [-0.2, -0.15) is 4.31 Å². The Morgan fingerprint density at radius 1 is 1.06 bits per heavy atom. The van der Waals surface area contributed by atoms with Gasteiger partial charge < -0.3 is 10.5 Å². The fourth-order valence-electron chi connectivity index (χ4n) is 6.90. The van der Waals surface area contributed by atoms with Crippen molar-refractivity contribution in [3.63, 3.8) is 0 Å². The van der Waals surface area contributed by atoms with E-state index in [2.05, 4.69) is 32.4 Å². The number of sulfonamides is 1. The lowest BCUT2D eigenvalue weighted by atomic mass is 9.66. The second-order valence-corrected chi connectivity index (χ2v) is 15.5. The van der Waals surface area contributed by atoms with Crippen LogP contribution in [0.2, 0.25) is 0 Å². The molecule has 6 rings (SSSR count). The van der Waals surface area contributed by atoms with Crippen LogP contribution in [0.1, 0.15) is 79.2 Å². The van der Waals surface area contributed by atoms with Crippen molar-refractivity contribution in [1.29, 1.82) is 0 Å². The number of fused-ring (bicyclic) bond motifs is 2. The maximum Gasteiger partial charge on any atom is 0.247 e. The van der Waals surface area contributed by atoms with Crippen LogP contribution in [0.25, 0.3) is 11.0 Å². The predicted molar refractivity (Wildman–Crippen MR) is 192 cm³/mol. The number of rotatable bonds is 11. The van der Waals surface area contributed by atoms with E-state index >= 15 is 0 Å². The van der Waals surface area contributed by atoms with Gasteiger partial charge in [0.15, 0.2) is 0 Å². The summed E-state index contributed by atoms with van der Waals surface area (Å²) in [6.45, 7) is 13.3. The molecule has 0 saturated carbocycles. The Morgan fingerprint density at radius 3 is 2.50 bits per heavy atom. The van der Waals surface area contributed by atoms with E-state index in [-0.39, 0.29) is 42.8 Å². The van der Waals surface area contributed by atoms with Crippen LogP contribution in [0.4, 0.5) is 0 Å². The molecule has 0 spiro atoms. The number of carbonyl (C=O) groups is 1. The lowest BCUT2D eigenvalue weighted by Crippen LogP contribution is -2.37.